The molecule has 1 saturated carbocycles. The van der Waals surface area contributed by atoms with Gasteiger partial charge in [-0.25, -0.2) is 0 Å². The molecule has 1 fully saturated rings. The van der Waals surface area contributed by atoms with Crippen molar-refractivity contribution < 1.29 is 0 Å². The van der Waals surface area contributed by atoms with Crippen molar-refractivity contribution >= 4 is 10.9 Å². The summed E-state index contributed by atoms with van der Waals surface area (Å²) < 4.78 is 2.35. The number of aryl methyl sites for hydroxylation is 2. The van der Waals surface area contributed by atoms with Gasteiger partial charge in [-0.05, 0) is 43.4 Å². The molecule has 2 aromatic rings. The van der Waals surface area contributed by atoms with Crippen molar-refractivity contribution in [2.75, 3.05) is 6.54 Å². The Bertz CT molecular complexity index is 572. The number of para-hydroxylation sites is 1. The molecule has 1 aliphatic carbocycles. The summed E-state index contributed by atoms with van der Waals surface area (Å²) in [5, 5.41) is 5.12. The van der Waals surface area contributed by atoms with E-state index >= 15 is 0 Å². The molecule has 3 rings (SSSR count). The Balaban J connectivity index is 1.68. The predicted octanol–water partition coefficient (Wildman–Crippen LogP) is 4.40. The summed E-state index contributed by atoms with van der Waals surface area (Å²) in [4.78, 5) is 0. The second-order valence-corrected chi connectivity index (χ2v) is 6.80. The van der Waals surface area contributed by atoms with E-state index in [1.54, 1.807) is 0 Å². The van der Waals surface area contributed by atoms with Gasteiger partial charge in [-0.2, -0.15) is 0 Å². The lowest BCUT2D eigenvalue weighted by Crippen LogP contribution is -2.29. The minimum Gasteiger partial charge on any atom is -0.346 e. The van der Waals surface area contributed by atoms with Crippen LogP contribution >= 0.6 is 0 Å². The topological polar surface area (TPSA) is 17.0 Å². The number of hydrogen-bond donors (Lipinski definition) is 1. The van der Waals surface area contributed by atoms with Crippen molar-refractivity contribution in [1.82, 2.24) is 9.88 Å². The first-order chi connectivity index (χ1) is 10.2. The molecular weight excluding hydrogens is 256 g/mol. The number of nitrogens with one attached hydrogen (secondary N) is 1. The van der Waals surface area contributed by atoms with Gasteiger partial charge in [0.1, 0.15) is 0 Å². The molecule has 1 aromatic carbocycles. The smallest absolute Gasteiger partial charge is 0.0483 e. The fourth-order valence-corrected chi connectivity index (χ4v) is 3.96. The third-order valence-electron chi connectivity index (χ3n) is 5.50. The van der Waals surface area contributed by atoms with Gasteiger partial charge in [0.15, 0.2) is 0 Å². The Labute approximate surface area is 128 Å². The third kappa shape index (κ3) is 2.87. The molecule has 1 heterocycles. The molecule has 1 aliphatic rings. The van der Waals surface area contributed by atoms with E-state index in [-0.39, 0.29) is 0 Å². The Morgan fingerprint density at radius 2 is 1.95 bits per heavy atom. The highest BCUT2D eigenvalue weighted by Crippen LogP contribution is 2.29. The van der Waals surface area contributed by atoms with Gasteiger partial charge in [-0.1, -0.05) is 44.4 Å². The molecule has 0 amide bonds. The number of aromatic nitrogens is 1. The van der Waals surface area contributed by atoms with Crippen LogP contribution in [0.4, 0.5) is 0 Å². The molecule has 1 aromatic heterocycles. The zero-order chi connectivity index (χ0) is 14.8. The van der Waals surface area contributed by atoms with Crippen molar-refractivity contribution in [3.63, 3.8) is 0 Å². The van der Waals surface area contributed by atoms with Crippen LogP contribution in [-0.4, -0.2) is 11.1 Å². The lowest BCUT2D eigenvalue weighted by Gasteiger charge is -2.29. The maximum atomic E-state index is 3.72. The molecule has 0 bridgehead atoms. The maximum absolute atomic E-state index is 3.72. The quantitative estimate of drug-likeness (QED) is 0.880. The van der Waals surface area contributed by atoms with E-state index in [1.807, 2.05) is 0 Å². The lowest BCUT2D eigenvalue weighted by molar-refractivity contribution is 0.247. The highest BCUT2D eigenvalue weighted by Gasteiger charge is 2.21. The normalized spacial score (nSPS) is 22.8. The van der Waals surface area contributed by atoms with Crippen molar-refractivity contribution in [3.05, 3.63) is 35.5 Å². The first-order valence-electron chi connectivity index (χ1n) is 8.42. The Kier molecular flexibility index (Phi) is 4.34. The van der Waals surface area contributed by atoms with Crippen molar-refractivity contribution in [2.45, 2.75) is 46.1 Å². The number of benzene rings is 1. The number of fused-ring (bicyclic) bond motifs is 1. The average Bonchev–Trinajstić information content (AvgIpc) is 2.74. The fraction of sp³-hybridized carbons (Fsp3) is 0.579. The monoisotopic (exact) mass is 284 g/mol. The van der Waals surface area contributed by atoms with Crippen molar-refractivity contribution in [2.24, 2.45) is 18.9 Å². The van der Waals surface area contributed by atoms with Crippen LogP contribution in [0.3, 0.4) is 0 Å². The third-order valence-corrected chi connectivity index (χ3v) is 5.50. The minimum atomic E-state index is 0.869. The number of rotatable bonds is 4. The van der Waals surface area contributed by atoms with E-state index < -0.39 is 0 Å². The Morgan fingerprint density at radius 1 is 1.19 bits per heavy atom. The van der Waals surface area contributed by atoms with Gasteiger partial charge in [-0.3, -0.25) is 0 Å². The molecule has 0 saturated heterocycles. The van der Waals surface area contributed by atoms with Gasteiger partial charge in [0.2, 0.25) is 0 Å². The summed E-state index contributed by atoms with van der Waals surface area (Å²) in [6.07, 6.45) is 5.67. The minimum absolute atomic E-state index is 0.869. The largest absolute Gasteiger partial charge is 0.346 e. The number of nitrogens with zero attached hydrogens (tertiary/aromatic N) is 1. The van der Waals surface area contributed by atoms with Gasteiger partial charge in [0.05, 0.1) is 0 Å². The summed E-state index contributed by atoms with van der Waals surface area (Å²) in [5.41, 5.74) is 4.20. The van der Waals surface area contributed by atoms with Gasteiger partial charge >= 0.3 is 0 Å². The molecule has 0 spiro atoms. The first kappa shape index (κ1) is 14.6. The summed E-state index contributed by atoms with van der Waals surface area (Å²) in [7, 11) is 2.19. The second-order valence-electron chi connectivity index (χ2n) is 6.80. The first-order valence-corrected chi connectivity index (χ1v) is 8.42. The molecule has 114 valence electrons. The number of hydrogen-bond acceptors (Lipinski definition) is 1. The van der Waals surface area contributed by atoms with Gasteiger partial charge < -0.3 is 9.88 Å². The highest BCUT2D eigenvalue weighted by molar-refractivity contribution is 5.85. The molecule has 2 unspecified atom stereocenters. The summed E-state index contributed by atoms with van der Waals surface area (Å²) in [5.74, 6) is 1.76. The van der Waals surface area contributed by atoms with E-state index in [9.17, 15) is 0 Å². The van der Waals surface area contributed by atoms with E-state index in [2.05, 4.69) is 55.0 Å². The van der Waals surface area contributed by atoms with E-state index in [0.29, 0.717) is 0 Å². The van der Waals surface area contributed by atoms with Crippen LogP contribution in [0.5, 0.6) is 0 Å². The molecule has 21 heavy (non-hydrogen) atoms. The second kappa shape index (κ2) is 6.23. The summed E-state index contributed by atoms with van der Waals surface area (Å²) >= 11 is 0. The van der Waals surface area contributed by atoms with Crippen molar-refractivity contribution in [1.29, 1.82) is 0 Å². The lowest BCUT2D eigenvalue weighted by atomic mass is 9.80. The van der Waals surface area contributed by atoms with E-state index in [1.165, 1.54) is 54.4 Å². The maximum Gasteiger partial charge on any atom is 0.0483 e. The molecular formula is C19H28N2. The Hall–Kier alpha value is -1.28. The summed E-state index contributed by atoms with van der Waals surface area (Å²) in [6.45, 7) is 6.83. The van der Waals surface area contributed by atoms with E-state index in [4.69, 9.17) is 0 Å². The molecule has 0 aliphatic heterocycles. The van der Waals surface area contributed by atoms with Gasteiger partial charge in [-0.15, -0.1) is 0 Å². The van der Waals surface area contributed by atoms with Crippen LogP contribution in [0.1, 0.15) is 43.9 Å². The van der Waals surface area contributed by atoms with Crippen LogP contribution in [0.15, 0.2) is 24.3 Å². The fourth-order valence-electron chi connectivity index (χ4n) is 3.96. The van der Waals surface area contributed by atoms with Crippen LogP contribution in [0.2, 0.25) is 0 Å². The molecule has 2 atom stereocenters. The van der Waals surface area contributed by atoms with Crippen LogP contribution in [-0.2, 0) is 13.6 Å². The van der Waals surface area contributed by atoms with E-state index in [0.717, 1.165) is 18.4 Å². The van der Waals surface area contributed by atoms with Crippen LogP contribution in [0, 0.1) is 18.8 Å². The molecule has 1 N–H and O–H groups in total. The molecule has 2 nitrogen and oxygen atoms in total. The standard InChI is InChI=1S/C19H28N2/c1-14-8-4-5-9-16(14)12-20-13-19-15(2)17-10-6-7-11-18(17)21(19)3/h6-7,10-11,14,16,20H,4-5,8-9,12-13H2,1-3H3. The summed E-state index contributed by atoms with van der Waals surface area (Å²) in [6, 6.07) is 8.71. The van der Waals surface area contributed by atoms with Crippen LogP contribution in [0.25, 0.3) is 10.9 Å². The highest BCUT2D eigenvalue weighted by atomic mass is 15.0. The SMILES string of the molecule is Cc1c(CNCC2CCCCC2C)n(C)c2ccccc12. The predicted molar refractivity (Wildman–Crippen MR) is 90.5 cm³/mol. The zero-order valence-electron chi connectivity index (χ0n) is 13.7. The van der Waals surface area contributed by atoms with Gasteiger partial charge in [0.25, 0.3) is 0 Å². The van der Waals surface area contributed by atoms with Crippen molar-refractivity contribution in [3.8, 4) is 0 Å². The molecule has 2 heteroatoms. The molecule has 0 radical (unpaired) electrons. The average molecular weight is 284 g/mol. The Morgan fingerprint density at radius 3 is 2.71 bits per heavy atom. The zero-order valence-corrected chi connectivity index (χ0v) is 13.7. The van der Waals surface area contributed by atoms with Gasteiger partial charge in [0, 0.05) is 30.2 Å². The van der Waals surface area contributed by atoms with Crippen LogP contribution < -0.4 is 5.32 Å².